The molecule has 0 aromatic heterocycles. The molecule has 1 rings (SSSR count). The van der Waals surface area contributed by atoms with E-state index in [0.29, 0.717) is 11.7 Å². The van der Waals surface area contributed by atoms with E-state index in [0.717, 1.165) is 32.5 Å². The number of hydrogen-bond donors (Lipinski definition) is 1. The summed E-state index contributed by atoms with van der Waals surface area (Å²) in [5.74, 6) is 0.0318. The zero-order valence-corrected chi connectivity index (χ0v) is 10.7. The molecular formula is C11H20O4S. The average Bonchev–Trinajstić information content (AvgIpc) is 2.27. The van der Waals surface area contributed by atoms with Crippen LogP contribution in [0.3, 0.4) is 0 Å². The van der Waals surface area contributed by atoms with Crippen LogP contribution in [0.15, 0.2) is 0 Å². The van der Waals surface area contributed by atoms with Crippen molar-refractivity contribution in [1.29, 1.82) is 0 Å². The topological polar surface area (TPSA) is 63.6 Å². The highest BCUT2D eigenvalue weighted by atomic mass is 32.2. The molecule has 1 atom stereocenters. The van der Waals surface area contributed by atoms with Gasteiger partial charge in [0.1, 0.15) is 4.75 Å². The van der Waals surface area contributed by atoms with Gasteiger partial charge in [0.15, 0.2) is 0 Å². The molecule has 94 valence electrons. The third kappa shape index (κ3) is 3.56. The Balaban J connectivity index is 2.37. The van der Waals surface area contributed by atoms with Gasteiger partial charge in [0.05, 0.1) is 0 Å². The number of carbonyl (C=O) groups is 1. The molecule has 0 aromatic carbocycles. The van der Waals surface area contributed by atoms with E-state index in [2.05, 4.69) is 0 Å². The smallest absolute Gasteiger partial charge is 0.321 e. The molecule has 1 unspecified atom stereocenters. The summed E-state index contributed by atoms with van der Waals surface area (Å²) in [6.45, 7) is 4.60. The zero-order chi connectivity index (χ0) is 12.2. The maximum atomic E-state index is 11.8. The van der Waals surface area contributed by atoms with Gasteiger partial charge in [-0.1, -0.05) is 0 Å². The molecule has 0 aromatic rings. The van der Waals surface area contributed by atoms with Gasteiger partial charge in [0.2, 0.25) is 0 Å². The van der Waals surface area contributed by atoms with Crippen molar-refractivity contribution >= 4 is 16.8 Å². The van der Waals surface area contributed by atoms with Crippen molar-refractivity contribution in [2.45, 2.75) is 37.9 Å². The monoisotopic (exact) mass is 248 g/mol. The first kappa shape index (κ1) is 13.6. The lowest BCUT2D eigenvalue weighted by molar-refractivity contribution is -0.139. The van der Waals surface area contributed by atoms with Gasteiger partial charge in [-0.25, -0.2) is 0 Å². The third-order valence-electron chi connectivity index (χ3n) is 3.14. The van der Waals surface area contributed by atoms with Crippen molar-refractivity contribution in [2.24, 2.45) is 5.92 Å². The predicted octanol–water partition coefficient (Wildman–Crippen LogP) is 1.42. The van der Waals surface area contributed by atoms with Gasteiger partial charge in [0, 0.05) is 29.8 Å². The van der Waals surface area contributed by atoms with Crippen LogP contribution in [0.2, 0.25) is 0 Å². The molecule has 1 aliphatic heterocycles. The molecule has 1 fully saturated rings. The molecule has 1 aliphatic rings. The van der Waals surface area contributed by atoms with Crippen LogP contribution in [-0.4, -0.2) is 39.0 Å². The van der Waals surface area contributed by atoms with Crippen LogP contribution >= 0.6 is 0 Å². The van der Waals surface area contributed by atoms with Crippen LogP contribution in [0.1, 0.15) is 33.1 Å². The molecule has 0 radical (unpaired) electrons. The second-order valence-electron chi connectivity index (χ2n) is 4.71. The summed E-state index contributed by atoms with van der Waals surface area (Å²) in [6.07, 6.45) is 2.85. The van der Waals surface area contributed by atoms with E-state index in [1.807, 2.05) is 0 Å². The zero-order valence-electron chi connectivity index (χ0n) is 9.90. The second-order valence-corrected chi connectivity index (χ2v) is 6.83. The summed E-state index contributed by atoms with van der Waals surface area (Å²) in [6, 6.07) is 0. The molecule has 0 saturated carbocycles. The number of hydrogen-bond acceptors (Lipinski definition) is 3. The summed E-state index contributed by atoms with van der Waals surface area (Å²) in [5, 5.41) is 8.94. The van der Waals surface area contributed by atoms with E-state index < -0.39 is 21.5 Å². The summed E-state index contributed by atoms with van der Waals surface area (Å²) in [4.78, 5) is 10.9. The van der Waals surface area contributed by atoms with Crippen molar-refractivity contribution in [2.75, 3.05) is 19.0 Å². The van der Waals surface area contributed by atoms with Gasteiger partial charge in [-0.3, -0.25) is 9.00 Å². The first-order chi connectivity index (χ1) is 7.44. The van der Waals surface area contributed by atoms with E-state index in [9.17, 15) is 9.00 Å². The van der Waals surface area contributed by atoms with Crippen LogP contribution in [0.25, 0.3) is 0 Å². The van der Waals surface area contributed by atoms with Crippen molar-refractivity contribution < 1.29 is 18.8 Å². The lowest BCUT2D eigenvalue weighted by Gasteiger charge is -2.24. The molecule has 0 aliphatic carbocycles. The Hall–Kier alpha value is -0.420. The van der Waals surface area contributed by atoms with Gasteiger partial charge >= 0.3 is 5.97 Å². The number of carboxylic acids is 1. The van der Waals surface area contributed by atoms with Gasteiger partial charge in [-0.05, 0) is 39.0 Å². The molecule has 4 nitrogen and oxygen atoms in total. The minimum atomic E-state index is -1.30. The average molecular weight is 248 g/mol. The highest BCUT2D eigenvalue weighted by molar-refractivity contribution is 7.87. The summed E-state index contributed by atoms with van der Waals surface area (Å²) in [7, 11) is -1.30. The van der Waals surface area contributed by atoms with Crippen molar-refractivity contribution in [3.63, 3.8) is 0 Å². The first-order valence-corrected chi connectivity index (χ1v) is 6.96. The molecule has 1 heterocycles. The number of carboxylic acid groups (broad SMARTS) is 1. The number of aliphatic carboxylic acids is 1. The third-order valence-corrected chi connectivity index (χ3v) is 5.06. The maximum Gasteiger partial charge on any atom is 0.321 e. The fourth-order valence-electron chi connectivity index (χ4n) is 1.66. The van der Waals surface area contributed by atoms with Crippen molar-refractivity contribution in [3.8, 4) is 0 Å². The highest BCUT2D eigenvalue weighted by Gasteiger charge is 2.34. The van der Waals surface area contributed by atoms with Gasteiger partial charge < -0.3 is 9.84 Å². The largest absolute Gasteiger partial charge is 0.480 e. The van der Waals surface area contributed by atoms with Gasteiger partial charge in [-0.15, -0.1) is 0 Å². The molecule has 0 amide bonds. The normalized spacial score (nSPS) is 20.6. The fourth-order valence-corrected chi connectivity index (χ4v) is 2.91. The van der Waals surface area contributed by atoms with E-state index >= 15 is 0 Å². The van der Waals surface area contributed by atoms with Crippen LogP contribution in [0, 0.1) is 5.92 Å². The quantitative estimate of drug-likeness (QED) is 0.799. The molecular weight excluding hydrogens is 228 g/mol. The molecule has 0 bridgehead atoms. The van der Waals surface area contributed by atoms with Gasteiger partial charge in [-0.2, -0.15) is 0 Å². The van der Waals surface area contributed by atoms with E-state index in [1.165, 1.54) is 13.8 Å². The predicted molar refractivity (Wildman–Crippen MR) is 62.9 cm³/mol. The number of rotatable bonds is 5. The fraction of sp³-hybridized carbons (Fsp3) is 0.909. The lowest BCUT2D eigenvalue weighted by Crippen LogP contribution is -2.38. The number of ether oxygens (including phenoxy) is 1. The van der Waals surface area contributed by atoms with Crippen LogP contribution < -0.4 is 0 Å². The van der Waals surface area contributed by atoms with Crippen LogP contribution in [-0.2, 0) is 20.3 Å². The Kier molecular flexibility index (Phi) is 4.92. The van der Waals surface area contributed by atoms with E-state index in [4.69, 9.17) is 9.84 Å². The Morgan fingerprint density at radius 1 is 1.44 bits per heavy atom. The molecule has 1 N–H and O–H groups in total. The van der Waals surface area contributed by atoms with Crippen molar-refractivity contribution in [3.05, 3.63) is 0 Å². The van der Waals surface area contributed by atoms with Gasteiger partial charge in [0.25, 0.3) is 0 Å². The Bertz CT molecular complexity index is 269. The van der Waals surface area contributed by atoms with Crippen LogP contribution in [0.4, 0.5) is 0 Å². The lowest BCUT2D eigenvalue weighted by atomic mass is 9.98. The first-order valence-electron chi connectivity index (χ1n) is 5.64. The van der Waals surface area contributed by atoms with Crippen LogP contribution in [0.5, 0.6) is 0 Å². The highest BCUT2D eigenvalue weighted by Crippen LogP contribution is 2.21. The Morgan fingerprint density at radius 2 is 2.00 bits per heavy atom. The second kappa shape index (κ2) is 5.77. The van der Waals surface area contributed by atoms with Crippen molar-refractivity contribution in [1.82, 2.24) is 0 Å². The Labute approximate surface area is 98.8 Å². The molecule has 1 saturated heterocycles. The summed E-state index contributed by atoms with van der Waals surface area (Å²) >= 11 is 0. The van der Waals surface area contributed by atoms with E-state index in [1.54, 1.807) is 0 Å². The summed E-state index contributed by atoms with van der Waals surface area (Å²) in [5.41, 5.74) is 0. The minimum Gasteiger partial charge on any atom is -0.480 e. The molecule has 5 heteroatoms. The molecule has 0 spiro atoms. The maximum absolute atomic E-state index is 11.8. The minimum absolute atomic E-state index is 0.476. The summed E-state index contributed by atoms with van der Waals surface area (Å²) < 4.78 is 16.0. The molecule has 16 heavy (non-hydrogen) atoms. The standard InChI is InChI=1S/C11H20O4S/c1-11(2,10(12)13)16(14)8-5-9-3-6-15-7-4-9/h9H,3-8H2,1-2H3,(H,12,13). The SMILES string of the molecule is CC(C)(C(=O)O)S(=O)CCC1CCOCC1. The van der Waals surface area contributed by atoms with E-state index in [-0.39, 0.29) is 0 Å². The Morgan fingerprint density at radius 3 is 2.50 bits per heavy atom.